The number of amides is 1. The number of carbonyl (C=O) groups excluding carboxylic acids is 1. The molecule has 1 aromatic rings. The van der Waals surface area contributed by atoms with Gasteiger partial charge >= 0.3 is 0 Å². The molecule has 0 saturated heterocycles. The molecule has 1 unspecified atom stereocenters. The Kier molecular flexibility index (Phi) is 5.78. The number of hydrogen-bond donors (Lipinski definition) is 0. The minimum absolute atomic E-state index is 0.111. The van der Waals surface area contributed by atoms with Crippen LogP contribution in [0.15, 0.2) is 24.3 Å². The van der Waals surface area contributed by atoms with Crippen molar-refractivity contribution in [2.75, 3.05) is 27.3 Å². The molecule has 1 amide bonds. The highest BCUT2D eigenvalue weighted by atomic mass is 35.5. The van der Waals surface area contributed by atoms with Gasteiger partial charge in [0.2, 0.25) is 5.91 Å². The van der Waals surface area contributed by atoms with Crippen molar-refractivity contribution in [3.63, 3.8) is 0 Å². The largest absolute Gasteiger partial charge is 0.493 e. The molecule has 0 N–H and O–H groups in total. The van der Waals surface area contributed by atoms with Crippen molar-refractivity contribution < 1.29 is 14.3 Å². The molecule has 0 fully saturated rings. The third-order valence-electron chi connectivity index (χ3n) is 2.47. The van der Waals surface area contributed by atoms with E-state index in [1.807, 2.05) is 24.3 Å². The van der Waals surface area contributed by atoms with Gasteiger partial charge in [-0.25, -0.2) is 0 Å². The molecule has 0 aromatic heterocycles. The van der Waals surface area contributed by atoms with Crippen molar-refractivity contribution in [1.82, 2.24) is 4.90 Å². The molecule has 1 aromatic carbocycles. The van der Waals surface area contributed by atoms with Crippen LogP contribution in [0.25, 0.3) is 0 Å². The number of benzene rings is 1. The van der Waals surface area contributed by atoms with Crippen LogP contribution in [0.1, 0.15) is 6.92 Å². The fourth-order valence-electron chi connectivity index (χ4n) is 1.44. The lowest BCUT2D eigenvalue weighted by Gasteiger charge is -2.19. The number of ether oxygens (including phenoxy) is 2. The van der Waals surface area contributed by atoms with Gasteiger partial charge in [-0.15, -0.1) is 11.6 Å². The van der Waals surface area contributed by atoms with Crippen molar-refractivity contribution in [2.24, 2.45) is 0 Å². The quantitative estimate of drug-likeness (QED) is 0.745. The highest BCUT2D eigenvalue weighted by Crippen LogP contribution is 2.25. The monoisotopic (exact) mass is 271 g/mol. The van der Waals surface area contributed by atoms with E-state index >= 15 is 0 Å². The third-order valence-corrected chi connectivity index (χ3v) is 2.66. The van der Waals surface area contributed by atoms with E-state index in [1.54, 1.807) is 26.0 Å². The summed E-state index contributed by atoms with van der Waals surface area (Å²) in [4.78, 5) is 13.1. The zero-order chi connectivity index (χ0) is 13.5. The first-order chi connectivity index (χ1) is 8.56. The number of para-hydroxylation sites is 2. The van der Waals surface area contributed by atoms with Crippen LogP contribution in [0.5, 0.6) is 11.5 Å². The van der Waals surface area contributed by atoms with E-state index in [0.29, 0.717) is 24.7 Å². The second-order valence-electron chi connectivity index (χ2n) is 3.88. The molecule has 0 bridgehead atoms. The van der Waals surface area contributed by atoms with Crippen LogP contribution in [0, 0.1) is 0 Å². The lowest BCUT2D eigenvalue weighted by Crippen LogP contribution is -2.35. The summed E-state index contributed by atoms with van der Waals surface area (Å²) in [5, 5.41) is -0.513. The molecule has 5 heteroatoms. The van der Waals surface area contributed by atoms with Gasteiger partial charge in [-0.05, 0) is 19.1 Å². The molecular formula is C13H18ClNO3. The van der Waals surface area contributed by atoms with Crippen molar-refractivity contribution in [1.29, 1.82) is 0 Å². The average Bonchev–Trinajstić information content (AvgIpc) is 2.38. The van der Waals surface area contributed by atoms with Crippen LogP contribution in [-0.2, 0) is 4.79 Å². The van der Waals surface area contributed by atoms with Gasteiger partial charge in [0.25, 0.3) is 0 Å². The average molecular weight is 272 g/mol. The summed E-state index contributed by atoms with van der Waals surface area (Å²) in [7, 11) is 3.29. The summed E-state index contributed by atoms with van der Waals surface area (Å²) >= 11 is 5.71. The zero-order valence-electron chi connectivity index (χ0n) is 10.9. The Hall–Kier alpha value is -1.42. The molecule has 0 aliphatic carbocycles. The Labute approximate surface area is 112 Å². The van der Waals surface area contributed by atoms with Gasteiger partial charge in [0.15, 0.2) is 11.5 Å². The van der Waals surface area contributed by atoms with Crippen LogP contribution in [0.3, 0.4) is 0 Å². The van der Waals surface area contributed by atoms with Crippen LogP contribution in [-0.4, -0.2) is 43.5 Å². The number of alkyl halides is 1. The van der Waals surface area contributed by atoms with Crippen molar-refractivity contribution >= 4 is 17.5 Å². The first-order valence-corrected chi connectivity index (χ1v) is 6.14. The summed E-state index contributed by atoms with van der Waals surface area (Å²) in [6.45, 7) is 2.53. The predicted octanol–water partition coefficient (Wildman–Crippen LogP) is 2.16. The number of carbonyl (C=O) groups is 1. The standard InChI is InChI=1S/C13H18ClNO3/c1-10(14)13(16)15(2)8-9-18-12-7-5-4-6-11(12)17-3/h4-7,10H,8-9H2,1-3H3. The second kappa shape index (κ2) is 7.11. The summed E-state index contributed by atoms with van der Waals surface area (Å²) in [6.07, 6.45) is 0. The minimum atomic E-state index is -0.513. The van der Waals surface area contributed by atoms with Gasteiger partial charge in [-0.2, -0.15) is 0 Å². The zero-order valence-corrected chi connectivity index (χ0v) is 11.6. The van der Waals surface area contributed by atoms with Crippen molar-refractivity contribution in [2.45, 2.75) is 12.3 Å². The minimum Gasteiger partial charge on any atom is -0.493 e. The van der Waals surface area contributed by atoms with Crippen LogP contribution >= 0.6 is 11.6 Å². The van der Waals surface area contributed by atoms with E-state index in [0.717, 1.165) is 0 Å². The van der Waals surface area contributed by atoms with Crippen molar-refractivity contribution in [3.8, 4) is 11.5 Å². The maximum absolute atomic E-state index is 11.5. The summed E-state index contributed by atoms with van der Waals surface area (Å²) in [5.74, 6) is 1.23. The molecule has 4 nitrogen and oxygen atoms in total. The Morgan fingerprint density at radius 3 is 2.56 bits per heavy atom. The number of methoxy groups -OCH3 is 1. The van der Waals surface area contributed by atoms with E-state index < -0.39 is 5.38 Å². The molecule has 0 spiro atoms. The summed E-state index contributed by atoms with van der Waals surface area (Å²) in [6, 6.07) is 7.39. The summed E-state index contributed by atoms with van der Waals surface area (Å²) < 4.78 is 10.7. The van der Waals surface area contributed by atoms with Gasteiger partial charge in [0.05, 0.1) is 13.7 Å². The first-order valence-electron chi connectivity index (χ1n) is 5.71. The molecule has 0 heterocycles. The Morgan fingerprint density at radius 2 is 2.00 bits per heavy atom. The van der Waals surface area contributed by atoms with E-state index in [9.17, 15) is 4.79 Å². The number of nitrogens with zero attached hydrogens (tertiary/aromatic N) is 1. The number of likely N-dealkylation sites (N-methyl/N-ethyl adjacent to an activating group) is 1. The van der Waals surface area contributed by atoms with Gasteiger partial charge in [-0.1, -0.05) is 12.1 Å². The maximum atomic E-state index is 11.5. The van der Waals surface area contributed by atoms with Gasteiger partial charge < -0.3 is 14.4 Å². The first kappa shape index (κ1) is 14.6. The van der Waals surface area contributed by atoms with Gasteiger partial charge in [0, 0.05) is 7.05 Å². The molecule has 0 radical (unpaired) electrons. The molecular weight excluding hydrogens is 254 g/mol. The topological polar surface area (TPSA) is 38.8 Å². The fourth-order valence-corrected chi connectivity index (χ4v) is 1.61. The van der Waals surface area contributed by atoms with E-state index in [-0.39, 0.29) is 5.91 Å². The molecule has 1 rings (SSSR count). The van der Waals surface area contributed by atoms with Gasteiger partial charge in [0.1, 0.15) is 12.0 Å². The normalized spacial score (nSPS) is 11.8. The Balaban J connectivity index is 2.44. The highest BCUT2D eigenvalue weighted by Gasteiger charge is 2.14. The maximum Gasteiger partial charge on any atom is 0.240 e. The number of rotatable bonds is 6. The molecule has 0 saturated carbocycles. The highest BCUT2D eigenvalue weighted by molar-refractivity contribution is 6.30. The van der Waals surface area contributed by atoms with Gasteiger partial charge in [-0.3, -0.25) is 4.79 Å². The fraction of sp³-hybridized carbons (Fsp3) is 0.462. The van der Waals surface area contributed by atoms with E-state index in [2.05, 4.69) is 0 Å². The van der Waals surface area contributed by atoms with E-state index in [1.165, 1.54) is 0 Å². The number of hydrogen-bond acceptors (Lipinski definition) is 3. The molecule has 0 aliphatic rings. The molecule has 18 heavy (non-hydrogen) atoms. The van der Waals surface area contributed by atoms with Crippen molar-refractivity contribution in [3.05, 3.63) is 24.3 Å². The Bertz CT molecular complexity index is 396. The molecule has 100 valence electrons. The lowest BCUT2D eigenvalue weighted by molar-refractivity contribution is -0.129. The second-order valence-corrected chi connectivity index (χ2v) is 4.53. The summed E-state index contributed by atoms with van der Waals surface area (Å²) in [5.41, 5.74) is 0. The lowest BCUT2D eigenvalue weighted by atomic mass is 10.3. The molecule has 0 aliphatic heterocycles. The van der Waals surface area contributed by atoms with Crippen LogP contribution in [0.4, 0.5) is 0 Å². The Morgan fingerprint density at radius 1 is 1.39 bits per heavy atom. The van der Waals surface area contributed by atoms with Crippen LogP contribution < -0.4 is 9.47 Å². The smallest absolute Gasteiger partial charge is 0.240 e. The molecule has 1 atom stereocenters. The third kappa shape index (κ3) is 4.11. The van der Waals surface area contributed by atoms with Crippen LogP contribution in [0.2, 0.25) is 0 Å². The van der Waals surface area contributed by atoms with E-state index in [4.69, 9.17) is 21.1 Å². The predicted molar refractivity (Wildman–Crippen MR) is 71.4 cm³/mol. The number of halogens is 1. The SMILES string of the molecule is COc1ccccc1OCCN(C)C(=O)C(C)Cl.